The van der Waals surface area contributed by atoms with E-state index in [1.165, 1.54) is 35.2 Å². The standard InChI is InChI=1S/C24H31ClFN5O4/c1-5-27-22(33)29-19-14-31(20-9-8-15(25)11-18(20)26)13-17(19)21(32)28-16-7-6-10-30(12-16)23(34)35-24(2,3)4/h8-9,11,13-14,16H,5-7,10,12H2,1-4H3,(H,28,32)(H2,27,29,33)/t16-/m0/s1. The van der Waals surface area contributed by atoms with Crippen molar-refractivity contribution in [2.45, 2.75) is 52.2 Å². The Balaban J connectivity index is 1.81. The minimum Gasteiger partial charge on any atom is -0.444 e. The predicted molar refractivity (Wildman–Crippen MR) is 132 cm³/mol. The van der Waals surface area contributed by atoms with Gasteiger partial charge in [0.2, 0.25) is 0 Å². The van der Waals surface area contributed by atoms with Crippen LogP contribution in [0.5, 0.6) is 0 Å². The number of piperidine rings is 1. The van der Waals surface area contributed by atoms with Crippen molar-refractivity contribution >= 4 is 35.3 Å². The van der Waals surface area contributed by atoms with Gasteiger partial charge in [0.25, 0.3) is 5.91 Å². The molecule has 190 valence electrons. The summed E-state index contributed by atoms with van der Waals surface area (Å²) in [6.45, 7) is 8.38. The van der Waals surface area contributed by atoms with Crippen LogP contribution >= 0.6 is 11.6 Å². The van der Waals surface area contributed by atoms with Gasteiger partial charge >= 0.3 is 12.1 Å². The molecule has 1 aromatic carbocycles. The molecule has 0 saturated carbocycles. The number of hydrogen-bond donors (Lipinski definition) is 3. The number of carbonyl (C=O) groups excluding carboxylic acids is 3. The highest BCUT2D eigenvalue weighted by atomic mass is 35.5. The summed E-state index contributed by atoms with van der Waals surface area (Å²) in [6.07, 6.45) is 3.85. The van der Waals surface area contributed by atoms with Crippen molar-refractivity contribution in [3.63, 3.8) is 0 Å². The Hall–Kier alpha value is -3.27. The summed E-state index contributed by atoms with van der Waals surface area (Å²) >= 11 is 5.86. The highest BCUT2D eigenvalue weighted by molar-refractivity contribution is 6.30. The molecular weight excluding hydrogens is 477 g/mol. The van der Waals surface area contributed by atoms with E-state index in [-0.39, 0.29) is 28.0 Å². The molecule has 1 aliphatic heterocycles. The van der Waals surface area contributed by atoms with Crippen molar-refractivity contribution in [1.82, 2.24) is 20.1 Å². The molecule has 1 aliphatic rings. The summed E-state index contributed by atoms with van der Waals surface area (Å²) in [5.41, 5.74) is -0.0870. The first-order valence-electron chi connectivity index (χ1n) is 11.5. The number of halogens is 2. The molecule has 2 aromatic rings. The fourth-order valence-electron chi connectivity index (χ4n) is 3.74. The topological polar surface area (TPSA) is 105 Å². The second-order valence-corrected chi connectivity index (χ2v) is 9.75. The number of likely N-dealkylation sites (tertiary alicyclic amines) is 1. The van der Waals surface area contributed by atoms with Gasteiger partial charge in [-0.2, -0.15) is 0 Å². The molecule has 1 saturated heterocycles. The van der Waals surface area contributed by atoms with Crippen LogP contribution in [0.4, 0.5) is 19.7 Å². The number of nitrogens with zero attached hydrogens (tertiary/aromatic N) is 2. The largest absolute Gasteiger partial charge is 0.444 e. The van der Waals surface area contributed by atoms with Gasteiger partial charge in [0, 0.05) is 43.1 Å². The third-order valence-corrected chi connectivity index (χ3v) is 5.49. The molecule has 2 heterocycles. The number of urea groups is 1. The monoisotopic (exact) mass is 507 g/mol. The maximum atomic E-state index is 14.5. The van der Waals surface area contributed by atoms with Crippen LogP contribution in [0.2, 0.25) is 5.02 Å². The molecule has 0 radical (unpaired) electrons. The molecule has 3 N–H and O–H groups in total. The van der Waals surface area contributed by atoms with Gasteiger partial charge < -0.3 is 30.2 Å². The number of amides is 4. The molecule has 0 unspecified atom stereocenters. The number of ether oxygens (including phenoxy) is 1. The lowest BCUT2D eigenvalue weighted by molar-refractivity contribution is 0.0185. The highest BCUT2D eigenvalue weighted by Gasteiger charge is 2.29. The van der Waals surface area contributed by atoms with Gasteiger partial charge in [-0.1, -0.05) is 11.6 Å². The predicted octanol–water partition coefficient (Wildman–Crippen LogP) is 4.54. The summed E-state index contributed by atoms with van der Waals surface area (Å²) in [4.78, 5) is 39.4. The van der Waals surface area contributed by atoms with E-state index >= 15 is 0 Å². The van der Waals surface area contributed by atoms with Gasteiger partial charge in [-0.3, -0.25) is 4.79 Å². The molecular formula is C24H31ClFN5O4. The fraction of sp³-hybridized carbons (Fsp3) is 0.458. The third-order valence-electron chi connectivity index (χ3n) is 5.25. The second-order valence-electron chi connectivity index (χ2n) is 9.31. The van der Waals surface area contributed by atoms with Crippen molar-refractivity contribution in [2.75, 3.05) is 25.0 Å². The lowest BCUT2D eigenvalue weighted by Crippen LogP contribution is -2.50. The van der Waals surface area contributed by atoms with Gasteiger partial charge in [-0.25, -0.2) is 14.0 Å². The summed E-state index contributed by atoms with van der Waals surface area (Å²) in [6, 6.07) is 3.38. The lowest BCUT2D eigenvalue weighted by Gasteiger charge is -2.34. The van der Waals surface area contributed by atoms with E-state index in [9.17, 15) is 18.8 Å². The third kappa shape index (κ3) is 7.11. The first-order valence-corrected chi connectivity index (χ1v) is 11.9. The first kappa shape index (κ1) is 26.3. The van der Waals surface area contributed by atoms with E-state index in [0.717, 1.165) is 0 Å². The van der Waals surface area contributed by atoms with Crippen molar-refractivity contribution in [2.24, 2.45) is 0 Å². The van der Waals surface area contributed by atoms with Gasteiger partial charge in [-0.05, 0) is 58.7 Å². The Morgan fingerprint density at radius 3 is 2.63 bits per heavy atom. The van der Waals surface area contributed by atoms with Gasteiger partial charge in [0.05, 0.1) is 16.9 Å². The average molecular weight is 508 g/mol. The Bertz CT molecular complexity index is 1100. The van der Waals surface area contributed by atoms with E-state index in [1.807, 2.05) is 0 Å². The minimum atomic E-state index is -0.618. The number of rotatable bonds is 5. The number of benzene rings is 1. The molecule has 1 aromatic heterocycles. The average Bonchev–Trinajstić information content (AvgIpc) is 3.16. The first-order chi connectivity index (χ1) is 16.5. The van der Waals surface area contributed by atoms with Crippen molar-refractivity contribution in [3.8, 4) is 5.69 Å². The summed E-state index contributed by atoms with van der Waals surface area (Å²) in [7, 11) is 0. The zero-order chi connectivity index (χ0) is 25.8. The van der Waals surface area contributed by atoms with Gasteiger partial charge in [0.1, 0.15) is 11.4 Å². The number of hydrogen-bond acceptors (Lipinski definition) is 4. The van der Waals surface area contributed by atoms with Gasteiger partial charge in [-0.15, -0.1) is 0 Å². The molecule has 0 spiro atoms. The Morgan fingerprint density at radius 2 is 1.97 bits per heavy atom. The number of carbonyl (C=O) groups is 3. The Kier molecular flexibility index (Phi) is 8.26. The lowest BCUT2D eigenvalue weighted by atomic mass is 10.1. The van der Waals surface area contributed by atoms with Crippen LogP contribution in [0.1, 0.15) is 50.9 Å². The molecule has 3 rings (SSSR count). The van der Waals surface area contributed by atoms with Crippen LogP contribution < -0.4 is 16.0 Å². The van der Waals surface area contributed by atoms with E-state index in [0.29, 0.717) is 32.5 Å². The van der Waals surface area contributed by atoms with E-state index in [1.54, 1.807) is 32.6 Å². The minimum absolute atomic E-state index is 0.153. The summed E-state index contributed by atoms with van der Waals surface area (Å²) < 4.78 is 21.4. The maximum Gasteiger partial charge on any atom is 0.410 e. The molecule has 1 fully saturated rings. The van der Waals surface area contributed by atoms with Crippen LogP contribution in [-0.4, -0.2) is 58.8 Å². The van der Waals surface area contributed by atoms with Crippen molar-refractivity contribution in [3.05, 3.63) is 47.0 Å². The fourth-order valence-corrected chi connectivity index (χ4v) is 3.90. The SMILES string of the molecule is CCNC(=O)Nc1cn(-c2ccc(Cl)cc2F)cc1C(=O)N[C@H]1CCCN(C(=O)OC(C)(C)C)C1. The van der Waals surface area contributed by atoms with E-state index in [2.05, 4.69) is 16.0 Å². The zero-order valence-corrected chi connectivity index (χ0v) is 21.0. The van der Waals surface area contributed by atoms with Crippen molar-refractivity contribution in [1.29, 1.82) is 0 Å². The highest BCUT2D eigenvalue weighted by Crippen LogP contribution is 2.25. The van der Waals surface area contributed by atoms with Crippen LogP contribution in [-0.2, 0) is 4.74 Å². The second kappa shape index (κ2) is 11.0. The Morgan fingerprint density at radius 1 is 1.23 bits per heavy atom. The quantitative estimate of drug-likeness (QED) is 0.552. The van der Waals surface area contributed by atoms with Gasteiger partial charge in [0.15, 0.2) is 0 Å². The van der Waals surface area contributed by atoms with E-state index in [4.69, 9.17) is 16.3 Å². The Labute approximate surface area is 208 Å². The van der Waals surface area contributed by atoms with Crippen LogP contribution in [0, 0.1) is 5.82 Å². The normalized spacial score (nSPS) is 15.9. The smallest absolute Gasteiger partial charge is 0.410 e. The number of anilines is 1. The molecule has 4 amide bonds. The summed E-state index contributed by atoms with van der Waals surface area (Å²) in [5.74, 6) is -1.04. The molecule has 0 bridgehead atoms. The molecule has 0 aliphatic carbocycles. The zero-order valence-electron chi connectivity index (χ0n) is 20.3. The van der Waals surface area contributed by atoms with Crippen LogP contribution in [0.3, 0.4) is 0 Å². The van der Waals surface area contributed by atoms with Crippen molar-refractivity contribution < 1.29 is 23.5 Å². The number of nitrogens with one attached hydrogen (secondary N) is 3. The van der Waals surface area contributed by atoms with Crippen LogP contribution in [0.25, 0.3) is 5.69 Å². The van der Waals surface area contributed by atoms with Crippen LogP contribution in [0.15, 0.2) is 30.6 Å². The molecule has 11 heteroatoms. The maximum absolute atomic E-state index is 14.5. The number of aromatic nitrogens is 1. The molecule has 35 heavy (non-hydrogen) atoms. The molecule has 9 nitrogen and oxygen atoms in total. The van der Waals surface area contributed by atoms with E-state index < -0.39 is 29.4 Å². The summed E-state index contributed by atoms with van der Waals surface area (Å²) in [5, 5.41) is 8.41. The molecule has 1 atom stereocenters.